The third-order valence-corrected chi connectivity index (χ3v) is 15.0. The van der Waals surface area contributed by atoms with E-state index in [1.165, 1.54) is 11.1 Å². The Hall–Kier alpha value is -2.86. The first kappa shape index (κ1) is 36.5. The van der Waals surface area contributed by atoms with E-state index >= 15 is 0 Å². The second-order valence-corrected chi connectivity index (χ2v) is 18.3. The second kappa shape index (κ2) is 14.5. The van der Waals surface area contributed by atoms with E-state index < -0.39 is 27.5 Å². The van der Waals surface area contributed by atoms with E-state index in [0.717, 1.165) is 62.2 Å². The van der Waals surface area contributed by atoms with Crippen LogP contribution in [0.1, 0.15) is 87.2 Å². The molecule has 2 aromatic carbocycles. The molecule has 0 aromatic heterocycles. The fourth-order valence-electron chi connectivity index (χ4n) is 9.21. The van der Waals surface area contributed by atoms with Gasteiger partial charge in [-0.05, 0) is 111 Å². The monoisotopic (exact) mass is 741 g/mol. The van der Waals surface area contributed by atoms with Gasteiger partial charge in [0.05, 0.1) is 36.8 Å². The summed E-state index contributed by atoms with van der Waals surface area (Å²) < 4.78 is 48.9. The molecule has 0 unspecified atom stereocenters. The van der Waals surface area contributed by atoms with Crippen LogP contribution < -0.4 is 14.4 Å². The lowest BCUT2D eigenvalue weighted by molar-refractivity contribution is -0.241. The largest absolute Gasteiger partial charge is 0.490 e. The molecule has 1 saturated heterocycles. The molecule has 5 aliphatic rings. The van der Waals surface area contributed by atoms with Crippen LogP contribution in [0.5, 0.6) is 5.75 Å². The summed E-state index contributed by atoms with van der Waals surface area (Å²) in [6.45, 7) is 7.99. The number of hydrogen-bond donors (Lipinski definition) is 1. The van der Waals surface area contributed by atoms with E-state index in [1.807, 2.05) is 25.1 Å². The SMILES string of the molecule is CC(=O)N(C)[C@H]1CO[C@@H]([C@@H]2CCC[C@H](C)[C@@H](C)S(=O)(=O)NC(=O)c3ccc4c(c3)N(C[C@@H]3CC[C@H]32)C[C@@]2(CCCc3cc(Cl)ccc32)CO4)OC1. The minimum absolute atomic E-state index is 0.0185. The number of halogens is 1. The number of benzene rings is 2. The lowest BCUT2D eigenvalue weighted by atomic mass is 9.64. The number of nitrogens with one attached hydrogen (secondary N) is 1. The van der Waals surface area contributed by atoms with Crippen molar-refractivity contribution >= 4 is 39.1 Å². The topological polar surface area (TPSA) is 114 Å². The zero-order chi connectivity index (χ0) is 36.1. The van der Waals surface area contributed by atoms with Crippen molar-refractivity contribution in [3.63, 3.8) is 0 Å². The highest BCUT2D eigenvalue weighted by Crippen LogP contribution is 2.49. The van der Waals surface area contributed by atoms with Crippen LogP contribution in [0.3, 0.4) is 0 Å². The number of carbonyl (C=O) groups is 2. The Balaban J connectivity index is 1.25. The molecule has 10 nitrogen and oxygen atoms in total. The highest BCUT2D eigenvalue weighted by atomic mass is 35.5. The molecule has 12 heteroatoms. The first-order chi connectivity index (χ1) is 24.3. The summed E-state index contributed by atoms with van der Waals surface area (Å²) in [6.07, 6.45) is 7.03. The first-order valence-electron chi connectivity index (χ1n) is 18.7. The molecule has 2 aliphatic carbocycles. The molecule has 2 fully saturated rings. The standard InChI is InChI=1S/C39H52ClN3O7S/c1-24-7-5-9-33(38-48-20-31(21-49-38)42(4)26(3)44)32-13-10-29(32)19-43-22-39(16-6-8-27-17-30(40)12-14-34(27)39)23-50-36-15-11-28(18-35(36)43)37(45)41-51(46,47)25(24)2/h11-12,14-15,17-18,24-25,29,31-33,38H,5-10,13,16,19-23H2,1-4H3,(H,41,45)/t24-,25+,29-,31-,32+,33+,38+,39-/m0/s1. The van der Waals surface area contributed by atoms with Gasteiger partial charge in [-0.25, -0.2) is 13.1 Å². The smallest absolute Gasteiger partial charge is 0.264 e. The lowest BCUT2D eigenvalue weighted by Crippen LogP contribution is -2.53. The molecule has 0 radical (unpaired) electrons. The van der Waals surface area contributed by atoms with Gasteiger partial charge in [0.2, 0.25) is 15.9 Å². The number of sulfonamides is 1. The van der Waals surface area contributed by atoms with Gasteiger partial charge in [-0.2, -0.15) is 0 Å². The maximum absolute atomic E-state index is 13.6. The molecule has 3 aliphatic heterocycles. The average Bonchev–Trinajstić information content (AvgIpc) is 3.25. The van der Waals surface area contributed by atoms with E-state index in [9.17, 15) is 18.0 Å². The minimum Gasteiger partial charge on any atom is -0.490 e. The van der Waals surface area contributed by atoms with Gasteiger partial charge in [0.25, 0.3) is 5.91 Å². The van der Waals surface area contributed by atoms with Crippen LogP contribution >= 0.6 is 11.6 Å². The fraction of sp³-hybridized carbons (Fsp3) is 0.641. The van der Waals surface area contributed by atoms with Crippen LogP contribution in [-0.2, 0) is 36.1 Å². The van der Waals surface area contributed by atoms with E-state index in [4.69, 9.17) is 25.8 Å². The van der Waals surface area contributed by atoms with Gasteiger partial charge in [0, 0.05) is 49.0 Å². The van der Waals surface area contributed by atoms with Crippen LogP contribution in [0.15, 0.2) is 36.4 Å². The number of hydrogen-bond acceptors (Lipinski definition) is 8. The molecular weight excluding hydrogens is 690 g/mol. The summed E-state index contributed by atoms with van der Waals surface area (Å²) in [5.41, 5.74) is 3.35. The summed E-state index contributed by atoms with van der Waals surface area (Å²) in [4.78, 5) is 29.7. The first-order valence-corrected chi connectivity index (χ1v) is 20.6. The van der Waals surface area contributed by atoms with Crippen LogP contribution in [-0.4, -0.2) is 82.7 Å². The molecular formula is C39H52ClN3O7S. The summed E-state index contributed by atoms with van der Waals surface area (Å²) in [5.74, 6) is 0.717. The molecule has 3 heterocycles. The molecule has 2 bridgehead atoms. The summed E-state index contributed by atoms with van der Waals surface area (Å²) in [5, 5.41) is -0.0209. The lowest BCUT2D eigenvalue weighted by Gasteiger charge is -2.49. The Morgan fingerprint density at radius 1 is 1.02 bits per heavy atom. The van der Waals surface area contributed by atoms with E-state index in [2.05, 4.69) is 21.8 Å². The van der Waals surface area contributed by atoms with E-state index in [0.29, 0.717) is 55.9 Å². The molecule has 51 heavy (non-hydrogen) atoms. The summed E-state index contributed by atoms with van der Waals surface area (Å²) >= 11 is 6.47. The quantitative estimate of drug-likeness (QED) is 0.403. The predicted octanol–water partition coefficient (Wildman–Crippen LogP) is 5.94. The van der Waals surface area contributed by atoms with E-state index in [-0.39, 0.29) is 29.2 Å². The van der Waals surface area contributed by atoms with Gasteiger partial charge in [0.15, 0.2) is 6.29 Å². The van der Waals surface area contributed by atoms with Crippen molar-refractivity contribution in [2.75, 3.05) is 44.9 Å². The molecule has 2 amide bonds. The maximum atomic E-state index is 13.6. The zero-order valence-electron chi connectivity index (χ0n) is 30.2. The van der Waals surface area contributed by atoms with Crippen LogP contribution in [0.2, 0.25) is 5.02 Å². The molecule has 278 valence electrons. The molecule has 1 saturated carbocycles. The number of fused-ring (bicyclic) bond motifs is 4. The average molecular weight is 742 g/mol. The van der Waals surface area contributed by atoms with Crippen molar-refractivity contribution in [2.45, 2.75) is 95.1 Å². The Bertz CT molecular complexity index is 1750. The molecule has 2 aromatic rings. The number of amides is 2. The molecule has 7 rings (SSSR count). The Kier molecular flexibility index (Phi) is 10.4. The number of ether oxygens (including phenoxy) is 3. The number of carbonyl (C=O) groups excluding carboxylic acids is 2. The van der Waals surface area contributed by atoms with Crippen molar-refractivity contribution in [1.29, 1.82) is 0 Å². The maximum Gasteiger partial charge on any atom is 0.264 e. The zero-order valence-corrected chi connectivity index (χ0v) is 31.8. The van der Waals surface area contributed by atoms with Crippen molar-refractivity contribution < 1.29 is 32.2 Å². The molecule has 1 spiro atoms. The van der Waals surface area contributed by atoms with Crippen molar-refractivity contribution in [3.05, 3.63) is 58.1 Å². The summed E-state index contributed by atoms with van der Waals surface area (Å²) in [7, 11) is -2.15. The summed E-state index contributed by atoms with van der Waals surface area (Å²) in [6, 6.07) is 11.4. The minimum atomic E-state index is -3.94. The number of aryl methyl sites for hydroxylation is 1. The Labute approximate surface area is 307 Å². The Morgan fingerprint density at radius 2 is 1.80 bits per heavy atom. The number of likely N-dealkylation sites (N-methyl/N-ethyl adjacent to an activating group) is 1. The van der Waals surface area contributed by atoms with Gasteiger partial charge in [-0.3, -0.25) is 9.59 Å². The highest BCUT2D eigenvalue weighted by Gasteiger charge is 2.47. The second-order valence-electron chi connectivity index (χ2n) is 15.9. The molecule has 6 atom stereocenters. The van der Waals surface area contributed by atoms with Crippen molar-refractivity contribution in [1.82, 2.24) is 9.62 Å². The third kappa shape index (κ3) is 7.25. The number of anilines is 1. The van der Waals surface area contributed by atoms with Gasteiger partial charge in [-0.1, -0.05) is 31.0 Å². The Morgan fingerprint density at radius 3 is 2.53 bits per heavy atom. The van der Waals surface area contributed by atoms with Crippen LogP contribution in [0.4, 0.5) is 5.69 Å². The van der Waals surface area contributed by atoms with Gasteiger partial charge in [0.1, 0.15) is 5.75 Å². The van der Waals surface area contributed by atoms with Crippen LogP contribution in [0.25, 0.3) is 0 Å². The van der Waals surface area contributed by atoms with E-state index in [1.54, 1.807) is 31.9 Å². The van der Waals surface area contributed by atoms with Gasteiger partial charge < -0.3 is 24.0 Å². The number of nitrogens with zero attached hydrogens (tertiary/aromatic N) is 2. The predicted molar refractivity (Wildman–Crippen MR) is 197 cm³/mol. The van der Waals surface area contributed by atoms with Crippen LogP contribution in [0, 0.1) is 23.7 Å². The van der Waals surface area contributed by atoms with Crippen molar-refractivity contribution in [3.8, 4) is 5.75 Å². The number of rotatable bonds is 2. The normalized spacial score (nSPS) is 33.8. The van der Waals surface area contributed by atoms with Gasteiger partial charge >= 0.3 is 0 Å². The third-order valence-electron chi connectivity index (χ3n) is 12.8. The van der Waals surface area contributed by atoms with Crippen molar-refractivity contribution in [2.24, 2.45) is 23.7 Å². The highest BCUT2D eigenvalue weighted by molar-refractivity contribution is 7.90. The fourth-order valence-corrected chi connectivity index (χ4v) is 10.7. The van der Waals surface area contributed by atoms with Gasteiger partial charge in [-0.15, -0.1) is 0 Å². The molecule has 1 N–H and O–H groups in total.